The van der Waals surface area contributed by atoms with Gasteiger partial charge >= 0.3 is 0 Å². The van der Waals surface area contributed by atoms with Gasteiger partial charge in [-0.3, -0.25) is 4.79 Å². The molecule has 2 N–H and O–H groups in total. The van der Waals surface area contributed by atoms with Crippen molar-refractivity contribution in [1.82, 2.24) is 5.32 Å². The molecule has 0 unspecified atom stereocenters. The Labute approximate surface area is 134 Å². The van der Waals surface area contributed by atoms with Crippen LogP contribution in [0.4, 0.5) is 0 Å². The molecule has 0 fully saturated rings. The molecule has 0 aliphatic rings. The van der Waals surface area contributed by atoms with Crippen molar-refractivity contribution in [2.24, 2.45) is 0 Å². The van der Waals surface area contributed by atoms with Gasteiger partial charge in [-0.05, 0) is 49.6 Å². The van der Waals surface area contributed by atoms with Crippen molar-refractivity contribution in [3.05, 3.63) is 59.0 Å². The second-order valence-electron chi connectivity index (χ2n) is 5.46. The molecular weight excluding hydrogens is 292 g/mol. The van der Waals surface area contributed by atoms with E-state index < -0.39 is 5.60 Å². The average molecular weight is 308 g/mol. The molecule has 0 aliphatic heterocycles. The van der Waals surface area contributed by atoms with Crippen molar-refractivity contribution in [3.63, 3.8) is 0 Å². The quantitative estimate of drug-likeness (QED) is 0.851. The van der Waals surface area contributed by atoms with E-state index in [0.29, 0.717) is 17.9 Å². The van der Waals surface area contributed by atoms with E-state index >= 15 is 0 Å². The molecule has 0 saturated carbocycles. The maximum absolute atomic E-state index is 12.0. The van der Waals surface area contributed by atoms with Gasteiger partial charge in [0.05, 0.1) is 11.6 Å². The molecule has 116 valence electrons. The second-order valence-corrected chi connectivity index (χ2v) is 5.46. The lowest BCUT2D eigenvalue weighted by molar-refractivity contribution is 0.0922. The molecule has 0 spiro atoms. The molecule has 5 nitrogen and oxygen atoms in total. The van der Waals surface area contributed by atoms with Crippen LogP contribution in [0.15, 0.2) is 40.8 Å². The van der Waals surface area contributed by atoms with Crippen LogP contribution in [0.5, 0.6) is 0 Å². The molecule has 2 rings (SSSR count). The van der Waals surface area contributed by atoms with E-state index in [9.17, 15) is 9.90 Å². The summed E-state index contributed by atoms with van der Waals surface area (Å²) in [5.74, 6) is 5.39. The highest BCUT2D eigenvalue weighted by atomic mass is 16.3. The number of nitrogens with zero attached hydrogens (tertiary/aromatic N) is 1. The van der Waals surface area contributed by atoms with Crippen molar-refractivity contribution in [2.75, 3.05) is 0 Å². The average Bonchev–Trinajstić information content (AvgIpc) is 2.99. The summed E-state index contributed by atoms with van der Waals surface area (Å²) in [5, 5.41) is 21.0. The first-order valence-corrected chi connectivity index (χ1v) is 7.00. The molecule has 1 amide bonds. The lowest BCUT2D eigenvalue weighted by Crippen LogP contribution is -2.22. The van der Waals surface area contributed by atoms with E-state index in [1.807, 2.05) is 6.07 Å². The Bertz CT molecular complexity index is 794. The molecule has 23 heavy (non-hydrogen) atoms. The molecular formula is C18H16N2O3. The highest BCUT2D eigenvalue weighted by Crippen LogP contribution is 2.09. The molecule has 0 radical (unpaired) electrons. The highest BCUT2D eigenvalue weighted by molar-refractivity contribution is 5.91. The van der Waals surface area contributed by atoms with E-state index in [4.69, 9.17) is 9.68 Å². The zero-order valence-corrected chi connectivity index (χ0v) is 12.9. The number of carbonyl (C=O) groups is 1. The van der Waals surface area contributed by atoms with Gasteiger partial charge in [0.2, 0.25) is 0 Å². The summed E-state index contributed by atoms with van der Waals surface area (Å²) in [5.41, 5.74) is 0.331. The smallest absolute Gasteiger partial charge is 0.287 e. The molecule has 0 bridgehead atoms. The Morgan fingerprint density at radius 1 is 1.26 bits per heavy atom. The van der Waals surface area contributed by atoms with Crippen LogP contribution in [-0.2, 0) is 6.54 Å². The minimum absolute atomic E-state index is 0.152. The SMILES string of the molecule is CC(C)(O)C#Cc1ccc(C(=O)NCc2ccc(C#N)cc2)o1. The predicted octanol–water partition coefficient (Wildman–Crippen LogP) is 2.20. The fraction of sp³-hybridized carbons (Fsp3) is 0.222. The monoisotopic (exact) mass is 308 g/mol. The molecule has 0 aliphatic carbocycles. The van der Waals surface area contributed by atoms with Crippen LogP contribution in [0, 0.1) is 23.2 Å². The summed E-state index contributed by atoms with van der Waals surface area (Å²) in [6, 6.07) is 12.1. The van der Waals surface area contributed by atoms with E-state index in [0.717, 1.165) is 5.56 Å². The molecule has 0 saturated heterocycles. The first-order valence-electron chi connectivity index (χ1n) is 7.00. The van der Waals surface area contributed by atoms with Crippen molar-refractivity contribution >= 4 is 5.91 Å². The highest BCUT2D eigenvalue weighted by Gasteiger charge is 2.11. The van der Waals surface area contributed by atoms with Crippen molar-refractivity contribution in [1.29, 1.82) is 5.26 Å². The van der Waals surface area contributed by atoms with Crippen molar-refractivity contribution in [2.45, 2.75) is 26.0 Å². The third-order valence-electron chi connectivity index (χ3n) is 2.86. The largest absolute Gasteiger partial charge is 0.443 e. The summed E-state index contributed by atoms with van der Waals surface area (Å²) < 4.78 is 5.33. The van der Waals surface area contributed by atoms with Crippen LogP contribution in [-0.4, -0.2) is 16.6 Å². The summed E-state index contributed by atoms with van der Waals surface area (Å²) in [6.45, 7) is 3.46. The first kappa shape index (κ1) is 16.4. The lowest BCUT2D eigenvalue weighted by atomic mass is 10.1. The summed E-state index contributed by atoms with van der Waals surface area (Å²) in [6.07, 6.45) is 0. The van der Waals surface area contributed by atoms with Gasteiger partial charge in [0.15, 0.2) is 11.5 Å². The lowest BCUT2D eigenvalue weighted by Gasteiger charge is -2.05. The Kier molecular flexibility index (Phi) is 4.85. The number of carbonyl (C=O) groups excluding carboxylic acids is 1. The molecule has 2 aromatic rings. The topological polar surface area (TPSA) is 86.3 Å². The van der Waals surface area contributed by atoms with E-state index in [-0.39, 0.29) is 11.7 Å². The number of hydrogen-bond acceptors (Lipinski definition) is 4. The van der Waals surface area contributed by atoms with Gasteiger partial charge in [-0.2, -0.15) is 5.26 Å². The maximum atomic E-state index is 12.0. The second kappa shape index (κ2) is 6.83. The predicted molar refractivity (Wildman–Crippen MR) is 84.2 cm³/mol. The summed E-state index contributed by atoms with van der Waals surface area (Å²) in [4.78, 5) is 12.0. The van der Waals surface area contributed by atoms with Gasteiger partial charge < -0.3 is 14.8 Å². The molecule has 0 atom stereocenters. The van der Waals surface area contributed by atoms with Crippen LogP contribution in [0.2, 0.25) is 0 Å². The number of nitriles is 1. The summed E-state index contributed by atoms with van der Waals surface area (Å²) in [7, 11) is 0. The summed E-state index contributed by atoms with van der Waals surface area (Å²) >= 11 is 0. The zero-order valence-electron chi connectivity index (χ0n) is 12.9. The van der Waals surface area contributed by atoms with Gasteiger partial charge in [-0.15, -0.1) is 0 Å². The number of hydrogen-bond donors (Lipinski definition) is 2. The molecule has 1 aromatic carbocycles. The third kappa shape index (κ3) is 5.03. The fourth-order valence-corrected chi connectivity index (χ4v) is 1.71. The minimum atomic E-state index is -1.12. The number of amides is 1. The fourth-order valence-electron chi connectivity index (χ4n) is 1.71. The van der Waals surface area contributed by atoms with Crippen LogP contribution in [0.25, 0.3) is 0 Å². The normalized spacial score (nSPS) is 10.3. The van der Waals surface area contributed by atoms with Gasteiger partial charge in [0.1, 0.15) is 5.60 Å². The minimum Gasteiger partial charge on any atom is -0.443 e. The van der Waals surface area contributed by atoms with Gasteiger partial charge in [-0.25, -0.2) is 0 Å². The van der Waals surface area contributed by atoms with Crippen molar-refractivity contribution in [3.8, 4) is 17.9 Å². The van der Waals surface area contributed by atoms with Crippen LogP contribution < -0.4 is 5.32 Å². The standard InChI is InChI=1S/C18H16N2O3/c1-18(2,22)10-9-15-7-8-16(23-15)17(21)20-12-14-5-3-13(11-19)4-6-14/h3-8,22H,12H2,1-2H3,(H,20,21). The Morgan fingerprint density at radius 2 is 1.96 bits per heavy atom. The number of nitrogens with one attached hydrogen (secondary N) is 1. The van der Waals surface area contributed by atoms with Crippen molar-refractivity contribution < 1.29 is 14.3 Å². The van der Waals surface area contributed by atoms with Gasteiger partial charge in [0.25, 0.3) is 5.91 Å². The maximum Gasteiger partial charge on any atom is 0.287 e. The van der Waals surface area contributed by atoms with Gasteiger partial charge in [0, 0.05) is 6.54 Å². The Morgan fingerprint density at radius 3 is 2.57 bits per heavy atom. The first-order chi connectivity index (χ1) is 10.9. The number of furan rings is 1. The van der Waals surface area contributed by atoms with Crippen LogP contribution in [0.1, 0.15) is 41.3 Å². The number of rotatable bonds is 3. The third-order valence-corrected chi connectivity index (χ3v) is 2.86. The Balaban J connectivity index is 1.97. The van der Waals surface area contributed by atoms with E-state index in [2.05, 4.69) is 17.2 Å². The molecule has 1 aromatic heterocycles. The Hall–Kier alpha value is -3.02. The molecule has 5 heteroatoms. The number of aliphatic hydroxyl groups is 1. The number of benzene rings is 1. The van der Waals surface area contributed by atoms with E-state index in [1.165, 1.54) is 6.07 Å². The molecule has 1 heterocycles. The van der Waals surface area contributed by atoms with Crippen LogP contribution >= 0.6 is 0 Å². The zero-order chi connectivity index (χ0) is 16.9. The van der Waals surface area contributed by atoms with Gasteiger partial charge in [-0.1, -0.05) is 18.1 Å². The van der Waals surface area contributed by atoms with E-state index in [1.54, 1.807) is 44.2 Å². The van der Waals surface area contributed by atoms with Crippen LogP contribution in [0.3, 0.4) is 0 Å².